The molecular formula is C4H6Br2O3. The van der Waals surface area contributed by atoms with E-state index in [1.165, 1.54) is 0 Å². The number of carboxylic acids is 1. The van der Waals surface area contributed by atoms with Crippen LogP contribution in [-0.4, -0.2) is 32.4 Å². The van der Waals surface area contributed by atoms with E-state index in [-0.39, 0.29) is 6.61 Å². The number of rotatable bonds is 3. The van der Waals surface area contributed by atoms with Gasteiger partial charge in [0.25, 0.3) is 0 Å². The quantitative estimate of drug-likeness (QED) is 0.732. The maximum absolute atomic E-state index is 10.1. The van der Waals surface area contributed by atoms with Crippen molar-refractivity contribution >= 4 is 37.8 Å². The predicted molar refractivity (Wildman–Crippen MR) is 40.2 cm³/mol. The highest BCUT2D eigenvalue weighted by Gasteiger charge is 2.21. The number of aliphatic carboxylic acids is 1. The summed E-state index contributed by atoms with van der Waals surface area (Å²) in [5.74, 6) is -0.981. The van der Waals surface area contributed by atoms with Crippen molar-refractivity contribution in [3.63, 3.8) is 0 Å². The number of aliphatic hydroxyl groups excluding tert-OH is 1. The summed E-state index contributed by atoms with van der Waals surface area (Å²) in [5.41, 5.74) is 0. The number of carbonyl (C=O) groups is 1. The smallest absolute Gasteiger partial charge is 0.318 e. The van der Waals surface area contributed by atoms with Gasteiger partial charge in [-0.25, -0.2) is 0 Å². The molecule has 0 rings (SSSR count). The molecule has 0 radical (unpaired) electrons. The normalized spacial score (nSPS) is 16.8. The summed E-state index contributed by atoms with van der Waals surface area (Å²) in [6.07, 6.45) is 0. The summed E-state index contributed by atoms with van der Waals surface area (Å²) in [4.78, 5) is 8.97. The maximum atomic E-state index is 10.1. The van der Waals surface area contributed by atoms with Gasteiger partial charge in [0.1, 0.15) is 4.83 Å². The van der Waals surface area contributed by atoms with E-state index in [1.54, 1.807) is 0 Å². The Morgan fingerprint density at radius 3 is 2.11 bits per heavy atom. The Morgan fingerprint density at radius 1 is 1.56 bits per heavy atom. The zero-order valence-corrected chi connectivity index (χ0v) is 7.59. The Morgan fingerprint density at radius 2 is 2.00 bits per heavy atom. The molecule has 0 bridgehead atoms. The minimum Gasteiger partial charge on any atom is -0.480 e. The van der Waals surface area contributed by atoms with Gasteiger partial charge in [-0.3, -0.25) is 4.79 Å². The van der Waals surface area contributed by atoms with E-state index >= 15 is 0 Å². The van der Waals surface area contributed by atoms with Gasteiger partial charge in [0.2, 0.25) is 0 Å². The molecule has 2 N–H and O–H groups in total. The molecule has 0 saturated heterocycles. The molecule has 2 atom stereocenters. The van der Waals surface area contributed by atoms with E-state index < -0.39 is 15.6 Å². The zero-order chi connectivity index (χ0) is 7.44. The molecule has 0 saturated carbocycles. The fraction of sp³-hybridized carbons (Fsp3) is 0.750. The topological polar surface area (TPSA) is 57.5 Å². The second kappa shape index (κ2) is 4.24. The standard InChI is InChI=1S/C4H6Br2O3/c5-2(1-7)3(6)4(8)9/h2-3,7H,1H2,(H,8,9). The molecule has 2 unspecified atom stereocenters. The van der Waals surface area contributed by atoms with Crippen molar-refractivity contribution in [2.24, 2.45) is 0 Å². The fourth-order valence-corrected chi connectivity index (χ4v) is 0.641. The molecule has 0 aliphatic heterocycles. The summed E-state index contributed by atoms with van der Waals surface area (Å²) < 4.78 is 0. The minimum absolute atomic E-state index is 0.192. The highest BCUT2D eigenvalue weighted by molar-refractivity contribution is 9.12. The summed E-state index contributed by atoms with van der Waals surface area (Å²) in [5, 5.41) is 16.7. The van der Waals surface area contributed by atoms with E-state index in [0.29, 0.717) is 0 Å². The highest BCUT2D eigenvalue weighted by atomic mass is 79.9. The van der Waals surface area contributed by atoms with Crippen LogP contribution in [0, 0.1) is 0 Å². The van der Waals surface area contributed by atoms with Gasteiger partial charge >= 0.3 is 5.97 Å². The first-order valence-electron chi connectivity index (χ1n) is 2.21. The summed E-state index contributed by atoms with van der Waals surface area (Å²) in [7, 11) is 0. The SMILES string of the molecule is O=C(O)C(Br)C(Br)CO. The van der Waals surface area contributed by atoms with Crippen LogP contribution in [0.1, 0.15) is 0 Å². The van der Waals surface area contributed by atoms with Crippen LogP contribution < -0.4 is 0 Å². The predicted octanol–water partition coefficient (Wildman–Crippen LogP) is 0.590. The first-order valence-corrected chi connectivity index (χ1v) is 4.04. The van der Waals surface area contributed by atoms with Crippen LogP contribution in [0.15, 0.2) is 0 Å². The Hall–Kier alpha value is 0.390. The molecule has 0 aromatic heterocycles. The highest BCUT2D eigenvalue weighted by Crippen LogP contribution is 2.13. The van der Waals surface area contributed by atoms with Gasteiger partial charge in [-0.05, 0) is 0 Å². The second-order valence-corrected chi connectivity index (χ2v) is 3.60. The van der Waals surface area contributed by atoms with Gasteiger partial charge in [0.05, 0.1) is 11.4 Å². The number of carboxylic acid groups (broad SMARTS) is 1. The van der Waals surface area contributed by atoms with Gasteiger partial charge in [-0.2, -0.15) is 0 Å². The van der Waals surface area contributed by atoms with E-state index in [0.717, 1.165) is 0 Å². The van der Waals surface area contributed by atoms with Gasteiger partial charge in [-0.1, -0.05) is 31.9 Å². The van der Waals surface area contributed by atoms with Crippen molar-refractivity contribution in [1.29, 1.82) is 0 Å². The first kappa shape index (κ1) is 9.39. The van der Waals surface area contributed by atoms with Crippen molar-refractivity contribution in [1.82, 2.24) is 0 Å². The van der Waals surface area contributed by atoms with Crippen molar-refractivity contribution in [2.45, 2.75) is 9.65 Å². The van der Waals surface area contributed by atoms with E-state index in [9.17, 15) is 4.79 Å². The van der Waals surface area contributed by atoms with Crippen LogP contribution >= 0.6 is 31.9 Å². The van der Waals surface area contributed by atoms with Crippen LogP contribution in [-0.2, 0) is 4.79 Å². The molecule has 0 fully saturated rings. The molecule has 0 aromatic carbocycles. The van der Waals surface area contributed by atoms with Crippen molar-refractivity contribution < 1.29 is 15.0 Å². The Kier molecular flexibility index (Phi) is 4.43. The van der Waals surface area contributed by atoms with Crippen LogP contribution in [0.4, 0.5) is 0 Å². The lowest BCUT2D eigenvalue weighted by Gasteiger charge is -2.07. The fourth-order valence-electron chi connectivity index (χ4n) is 0.247. The molecule has 0 spiro atoms. The Bertz CT molecular complexity index is 106. The van der Waals surface area contributed by atoms with Crippen LogP contribution in [0.2, 0.25) is 0 Å². The lowest BCUT2D eigenvalue weighted by molar-refractivity contribution is -0.136. The van der Waals surface area contributed by atoms with Crippen LogP contribution in [0.5, 0.6) is 0 Å². The average molecular weight is 262 g/mol. The molecule has 0 aliphatic rings. The summed E-state index contributed by atoms with van der Waals surface area (Å²) in [6.45, 7) is -0.192. The minimum atomic E-state index is -0.981. The van der Waals surface area contributed by atoms with E-state index in [4.69, 9.17) is 10.2 Å². The summed E-state index contributed by atoms with van der Waals surface area (Å²) >= 11 is 5.83. The van der Waals surface area contributed by atoms with Crippen molar-refractivity contribution in [3.05, 3.63) is 0 Å². The largest absolute Gasteiger partial charge is 0.480 e. The molecule has 3 nitrogen and oxygen atoms in total. The molecule has 54 valence electrons. The van der Waals surface area contributed by atoms with Crippen LogP contribution in [0.25, 0.3) is 0 Å². The van der Waals surface area contributed by atoms with E-state index in [1.807, 2.05) is 0 Å². The Labute approximate surface area is 69.3 Å². The number of hydrogen-bond donors (Lipinski definition) is 2. The number of aliphatic hydroxyl groups is 1. The first-order chi connectivity index (χ1) is 4.09. The lowest BCUT2D eigenvalue weighted by atomic mass is 10.3. The molecule has 0 aromatic rings. The molecular weight excluding hydrogens is 256 g/mol. The maximum Gasteiger partial charge on any atom is 0.318 e. The van der Waals surface area contributed by atoms with Crippen molar-refractivity contribution in [3.8, 4) is 0 Å². The zero-order valence-electron chi connectivity index (χ0n) is 4.42. The second-order valence-electron chi connectivity index (χ2n) is 1.44. The van der Waals surface area contributed by atoms with Crippen LogP contribution in [0.3, 0.4) is 0 Å². The van der Waals surface area contributed by atoms with Gasteiger partial charge in [0, 0.05) is 0 Å². The summed E-state index contributed by atoms with van der Waals surface area (Å²) in [6, 6.07) is 0. The average Bonchev–Trinajstić information content (AvgIpc) is 1.84. The molecule has 5 heteroatoms. The lowest BCUT2D eigenvalue weighted by Crippen LogP contribution is -2.26. The van der Waals surface area contributed by atoms with Crippen molar-refractivity contribution in [2.75, 3.05) is 6.61 Å². The number of halogens is 2. The van der Waals surface area contributed by atoms with Gasteiger partial charge < -0.3 is 10.2 Å². The van der Waals surface area contributed by atoms with E-state index in [2.05, 4.69) is 31.9 Å². The number of alkyl halides is 2. The molecule has 9 heavy (non-hydrogen) atoms. The third-order valence-electron chi connectivity index (χ3n) is 0.728. The van der Waals surface area contributed by atoms with Gasteiger partial charge in [-0.15, -0.1) is 0 Å². The third-order valence-corrected chi connectivity index (χ3v) is 3.29. The Balaban J connectivity index is 3.72. The molecule has 0 amide bonds. The monoisotopic (exact) mass is 260 g/mol. The third kappa shape index (κ3) is 3.17. The molecule has 0 heterocycles. The number of hydrogen-bond acceptors (Lipinski definition) is 2. The molecule has 0 aliphatic carbocycles. The van der Waals surface area contributed by atoms with Gasteiger partial charge in [0.15, 0.2) is 0 Å².